The van der Waals surface area contributed by atoms with Gasteiger partial charge in [-0.05, 0) is 13.8 Å². The Kier molecular flexibility index (Phi) is 6.10. The summed E-state index contributed by atoms with van der Waals surface area (Å²) in [4.78, 5) is 29.5. The number of primary amides is 1. The van der Waals surface area contributed by atoms with Gasteiger partial charge >= 0.3 is 6.03 Å². The second-order valence-electron chi connectivity index (χ2n) is 7.15. The number of carbonyl (C=O) groups excluding carboxylic acids is 2. The summed E-state index contributed by atoms with van der Waals surface area (Å²) in [6, 6.07) is 13.7. The SMILES string of the molecule is Cc1ccc(C(=O)C(C)C(c2nc(-c3ccc(C)cc3)cs2)N(N)C(N)=O)cc1. The molecule has 29 heavy (non-hydrogen) atoms. The third-order valence-electron chi connectivity index (χ3n) is 4.90. The van der Waals surface area contributed by atoms with Crippen molar-refractivity contribution >= 4 is 23.2 Å². The fraction of sp³-hybridized carbons (Fsp3) is 0.227. The number of hydrogen-bond donors (Lipinski definition) is 2. The Labute approximate surface area is 174 Å². The lowest BCUT2D eigenvalue weighted by Crippen LogP contribution is -2.47. The number of aryl methyl sites for hydroxylation is 2. The van der Waals surface area contributed by atoms with Crippen molar-refractivity contribution < 1.29 is 9.59 Å². The fourth-order valence-corrected chi connectivity index (χ4v) is 4.14. The van der Waals surface area contributed by atoms with E-state index in [1.54, 1.807) is 19.1 Å². The molecule has 0 saturated heterocycles. The first-order chi connectivity index (χ1) is 13.8. The highest BCUT2D eigenvalue weighted by Crippen LogP contribution is 2.34. The first-order valence-corrected chi connectivity index (χ1v) is 10.1. The van der Waals surface area contributed by atoms with Crippen LogP contribution >= 0.6 is 11.3 Å². The smallest absolute Gasteiger partial charge is 0.329 e. The molecule has 2 unspecified atom stereocenters. The Morgan fingerprint density at radius 2 is 1.55 bits per heavy atom. The number of thiazole rings is 1. The predicted octanol–water partition coefficient (Wildman–Crippen LogP) is 4.24. The van der Waals surface area contributed by atoms with Crippen molar-refractivity contribution in [2.75, 3.05) is 0 Å². The van der Waals surface area contributed by atoms with Crippen LogP contribution in [-0.4, -0.2) is 21.8 Å². The number of hydrazine groups is 1. The van der Waals surface area contributed by atoms with Crippen molar-refractivity contribution in [2.45, 2.75) is 26.8 Å². The number of urea groups is 1. The first kappa shape index (κ1) is 20.7. The van der Waals surface area contributed by atoms with E-state index < -0.39 is 18.0 Å². The molecular formula is C22H24N4O2S. The number of benzene rings is 2. The third kappa shape index (κ3) is 4.52. The monoisotopic (exact) mass is 408 g/mol. The van der Waals surface area contributed by atoms with E-state index in [4.69, 9.17) is 11.6 Å². The van der Waals surface area contributed by atoms with Gasteiger partial charge in [-0.3, -0.25) is 9.80 Å². The molecule has 6 nitrogen and oxygen atoms in total. The average molecular weight is 409 g/mol. The van der Waals surface area contributed by atoms with Gasteiger partial charge in [-0.1, -0.05) is 66.6 Å². The summed E-state index contributed by atoms with van der Waals surface area (Å²) in [5.41, 5.74) is 9.93. The number of nitrogens with zero attached hydrogens (tertiary/aromatic N) is 2. The van der Waals surface area contributed by atoms with Crippen LogP contribution in [0.25, 0.3) is 11.3 Å². The van der Waals surface area contributed by atoms with E-state index >= 15 is 0 Å². The van der Waals surface area contributed by atoms with E-state index in [-0.39, 0.29) is 5.78 Å². The predicted molar refractivity (Wildman–Crippen MR) is 115 cm³/mol. The molecule has 0 radical (unpaired) electrons. The lowest BCUT2D eigenvalue weighted by molar-refractivity contribution is 0.0838. The zero-order chi connectivity index (χ0) is 21.1. The van der Waals surface area contributed by atoms with Crippen molar-refractivity contribution in [3.05, 3.63) is 75.6 Å². The standard InChI is InChI=1S/C22H24N4O2S/c1-13-4-8-16(9-5-13)18-12-29-21(25-18)19(26(24)22(23)28)15(3)20(27)17-10-6-14(2)7-11-17/h4-12,15,19H,24H2,1-3H3,(H2,23,28). The minimum Gasteiger partial charge on any atom is -0.350 e. The minimum absolute atomic E-state index is 0.126. The maximum atomic E-state index is 13.1. The lowest BCUT2D eigenvalue weighted by Gasteiger charge is -2.28. The van der Waals surface area contributed by atoms with Crippen LogP contribution in [0.3, 0.4) is 0 Å². The van der Waals surface area contributed by atoms with Gasteiger partial charge in [0, 0.05) is 22.4 Å². The van der Waals surface area contributed by atoms with Crippen molar-refractivity contribution in [1.29, 1.82) is 0 Å². The summed E-state index contributed by atoms with van der Waals surface area (Å²) in [7, 11) is 0. The van der Waals surface area contributed by atoms with E-state index in [0.717, 1.165) is 27.4 Å². The Bertz CT molecular complexity index is 1010. The molecule has 2 amide bonds. The van der Waals surface area contributed by atoms with E-state index in [2.05, 4.69) is 4.98 Å². The van der Waals surface area contributed by atoms with E-state index in [1.165, 1.54) is 11.3 Å². The molecule has 3 aromatic rings. The van der Waals surface area contributed by atoms with Gasteiger partial charge in [-0.15, -0.1) is 11.3 Å². The van der Waals surface area contributed by atoms with Crippen LogP contribution < -0.4 is 11.6 Å². The highest BCUT2D eigenvalue weighted by Gasteiger charge is 2.34. The summed E-state index contributed by atoms with van der Waals surface area (Å²) >= 11 is 1.35. The summed E-state index contributed by atoms with van der Waals surface area (Å²) in [6.07, 6.45) is 0. The molecular weight excluding hydrogens is 384 g/mol. The number of Topliss-reactive ketones (excluding diaryl/α,β-unsaturated/α-hetero) is 1. The second-order valence-corrected chi connectivity index (χ2v) is 8.04. The van der Waals surface area contributed by atoms with E-state index in [0.29, 0.717) is 10.6 Å². The summed E-state index contributed by atoms with van der Waals surface area (Å²) < 4.78 is 0. The summed E-state index contributed by atoms with van der Waals surface area (Å²) in [5, 5.41) is 3.36. The fourth-order valence-electron chi connectivity index (χ4n) is 3.12. The van der Waals surface area contributed by atoms with Crippen molar-refractivity contribution in [3.63, 3.8) is 0 Å². The molecule has 1 aromatic heterocycles. The molecule has 1 heterocycles. The molecule has 7 heteroatoms. The normalized spacial score (nSPS) is 13.0. The first-order valence-electron chi connectivity index (χ1n) is 9.24. The van der Waals surface area contributed by atoms with Crippen molar-refractivity contribution in [1.82, 2.24) is 9.99 Å². The molecule has 0 saturated carbocycles. The van der Waals surface area contributed by atoms with Crippen LogP contribution in [0.15, 0.2) is 53.9 Å². The van der Waals surface area contributed by atoms with Gasteiger partial charge in [0.2, 0.25) is 0 Å². The third-order valence-corrected chi connectivity index (χ3v) is 5.82. The summed E-state index contributed by atoms with van der Waals surface area (Å²) in [6.45, 7) is 5.71. The molecule has 2 aromatic carbocycles. The van der Waals surface area contributed by atoms with Crippen LogP contribution in [0, 0.1) is 19.8 Å². The number of nitrogens with two attached hydrogens (primary N) is 2. The highest BCUT2D eigenvalue weighted by atomic mass is 32.1. The molecule has 4 N–H and O–H groups in total. The average Bonchev–Trinajstić information content (AvgIpc) is 3.18. The molecule has 0 aliphatic rings. The van der Waals surface area contributed by atoms with E-state index in [9.17, 15) is 9.59 Å². The largest absolute Gasteiger partial charge is 0.350 e. The molecule has 0 bridgehead atoms. The Balaban J connectivity index is 1.95. The van der Waals surface area contributed by atoms with Gasteiger partial charge in [0.05, 0.1) is 5.69 Å². The number of rotatable bonds is 6. The Hall–Kier alpha value is -3.03. The zero-order valence-electron chi connectivity index (χ0n) is 16.6. The highest BCUT2D eigenvalue weighted by molar-refractivity contribution is 7.10. The van der Waals surface area contributed by atoms with Gasteiger partial charge in [0.1, 0.15) is 11.0 Å². The van der Waals surface area contributed by atoms with Crippen LogP contribution in [0.2, 0.25) is 0 Å². The van der Waals surface area contributed by atoms with Crippen molar-refractivity contribution in [3.8, 4) is 11.3 Å². The molecule has 0 aliphatic heterocycles. The van der Waals surface area contributed by atoms with Gasteiger partial charge in [0.15, 0.2) is 5.78 Å². The number of hydrogen-bond acceptors (Lipinski definition) is 5. The summed E-state index contributed by atoms with van der Waals surface area (Å²) in [5.74, 6) is 5.23. The minimum atomic E-state index is -0.814. The van der Waals surface area contributed by atoms with Gasteiger partial charge < -0.3 is 5.73 Å². The Morgan fingerprint density at radius 1 is 1.00 bits per heavy atom. The number of amides is 2. The van der Waals surface area contributed by atoms with Gasteiger partial charge in [-0.25, -0.2) is 15.6 Å². The molecule has 3 rings (SSSR count). The lowest BCUT2D eigenvalue weighted by atomic mass is 9.92. The maximum Gasteiger partial charge on any atom is 0.329 e. The van der Waals surface area contributed by atoms with Gasteiger partial charge in [-0.2, -0.15) is 0 Å². The van der Waals surface area contributed by atoms with Crippen LogP contribution in [0.5, 0.6) is 0 Å². The van der Waals surface area contributed by atoms with Crippen LogP contribution in [0.1, 0.15) is 39.5 Å². The Morgan fingerprint density at radius 3 is 2.10 bits per heavy atom. The van der Waals surface area contributed by atoms with E-state index in [1.807, 2.05) is 55.6 Å². The van der Waals surface area contributed by atoms with Gasteiger partial charge in [0.25, 0.3) is 0 Å². The molecule has 0 fully saturated rings. The maximum absolute atomic E-state index is 13.1. The topological polar surface area (TPSA) is 102 Å². The number of carbonyl (C=O) groups is 2. The van der Waals surface area contributed by atoms with Crippen LogP contribution in [-0.2, 0) is 0 Å². The second kappa shape index (κ2) is 8.55. The number of aromatic nitrogens is 1. The molecule has 2 atom stereocenters. The molecule has 0 spiro atoms. The quantitative estimate of drug-likeness (QED) is 0.276. The number of ketones is 1. The molecule has 0 aliphatic carbocycles. The molecule has 150 valence electrons. The van der Waals surface area contributed by atoms with Crippen molar-refractivity contribution in [2.24, 2.45) is 17.5 Å². The van der Waals surface area contributed by atoms with Crippen LogP contribution in [0.4, 0.5) is 4.79 Å². The zero-order valence-corrected chi connectivity index (χ0v) is 17.4.